The van der Waals surface area contributed by atoms with Gasteiger partial charge in [0.05, 0.1) is 11.8 Å². The zero-order valence-electron chi connectivity index (χ0n) is 27.3. The average molecular weight is 826 g/mol. The first-order valence-electron chi connectivity index (χ1n) is 15.1. The number of hydrogen-bond donors (Lipinski definition) is 0. The summed E-state index contributed by atoms with van der Waals surface area (Å²) < 4.78 is 29.1. The summed E-state index contributed by atoms with van der Waals surface area (Å²) in [5.41, 5.74) is 6.77. The van der Waals surface area contributed by atoms with Gasteiger partial charge in [-0.15, -0.1) is 18.2 Å². The summed E-state index contributed by atoms with van der Waals surface area (Å²) in [7, 11) is 0. The summed E-state index contributed by atoms with van der Waals surface area (Å²) in [6, 6.07) is 25.5. The number of hydrogen-bond acceptors (Lipinski definition) is 4. The van der Waals surface area contributed by atoms with Crippen LogP contribution in [0.4, 0.5) is 4.39 Å². The number of rotatable bonds is 6. The summed E-state index contributed by atoms with van der Waals surface area (Å²) in [5.74, 6) is 6.85. The molecule has 0 amide bonds. The Morgan fingerprint density at radius 1 is 0.886 bits per heavy atom. The molecule has 0 spiro atoms. The van der Waals surface area contributed by atoms with Gasteiger partial charge in [-0.05, 0) is 23.7 Å². The average Bonchev–Trinajstić information content (AvgIpc) is 3.35. The fourth-order valence-corrected chi connectivity index (χ4v) is 8.48. The number of benzene rings is 2. The van der Waals surface area contributed by atoms with Crippen molar-refractivity contribution in [2.24, 2.45) is 5.92 Å². The molecule has 0 aliphatic rings. The monoisotopic (exact) mass is 827 g/mol. The van der Waals surface area contributed by atoms with Gasteiger partial charge in [-0.25, -0.2) is 9.37 Å². The van der Waals surface area contributed by atoms with Gasteiger partial charge in [0.25, 0.3) is 0 Å². The maximum absolute atomic E-state index is 13.5. The molecule has 0 saturated heterocycles. The minimum absolute atomic E-state index is 0. The topological polar surface area (TPSA) is 51.8 Å². The fraction of sp³-hybridized carbons (Fsp3) is 0.270. The van der Waals surface area contributed by atoms with E-state index in [1.165, 1.54) is 11.6 Å². The van der Waals surface area contributed by atoms with Gasteiger partial charge in [-0.3, -0.25) is 0 Å². The smallest absolute Gasteiger partial charge is 0.216 e. The van der Waals surface area contributed by atoms with Gasteiger partial charge in [0.15, 0.2) is 0 Å². The van der Waals surface area contributed by atoms with Crippen molar-refractivity contribution in [1.82, 2.24) is 15.0 Å². The molecular formula is C37H38FGeIrN3O-2. The normalized spacial score (nSPS) is 12.1. The molecule has 1 radical (unpaired) electrons. The largest absolute Gasteiger partial charge is 0.486 e. The first kappa shape index (κ1) is 32.2. The minimum Gasteiger partial charge on any atom is -0.486 e. The van der Waals surface area contributed by atoms with Crippen LogP contribution in [0.3, 0.4) is 0 Å². The maximum Gasteiger partial charge on any atom is 0.216 e. The third kappa shape index (κ3) is 7.71. The van der Waals surface area contributed by atoms with Crippen LogP contribution >= 0.6 is 0 Å². The molecule has 229 valence electrons. The summed E-state index contributed by atoms with van der Waals surface area (Å²) in [6.07, 6.45) is 6.08. The van der Waals surface area contributed by atoms with Gasteiger partial charge >= 0.3 is 126 Å². The zero-order valence-corrected chi connectivity index (χ0v) is 30.7. The third-order valence-electron chi connectivity index (χ3n) is 7.26. The minimum atomic E-state index is -1.86. The molecule has 0 atom stereocenters. The van der Waals surface area contributed by atoms with Crippen LogP contribution in [0.25, 0.3) is 44.6 Å². The van der Waals surface area contributed by atoms with E-state index in [1.807, 2.05) is 50.2 Å². The molecular weight excluding hydrogens is 786 g/mol. The summed E-state index contributed by atoms with van der Waals surface area (Å²) in [5, 5.41) is 1.39. The Kier molecular flexibility index (Phi) is 10.5. The SMILES string of the molecule is CC(C)Cc1cc(-c2[c-]cccc2)nc[c]1[Ge]([CH3])([CH3])[CH3].[2H]C(C)(C)c1ccnc(-c2[c-]ccc3c2oc2ncc(F)cc23)c1.[Ir]. The second kappa shape index (κ2) is 14.3. The molecule has 0 aliphatic carbocycles. The molecule has 4 heterocycles. The van der Waals surface area contributed by atoms with Gasteiger partial charge in [-0.2, -0.15) is 0 Å². The van der Waals surface area contributed by atoms with Crippen LogP contribution < -0.4 is 4.40 Å². The standard InChI is InChI=1S/C19H14FN2O.C18H24GeN.Ir/c1-11(2)12-6-7-21-17(8-12)15-5-3-4-14-16-9-13(20)10-22-19(16)23-18(14)15;1-14(2)11-16-12-18(15-9-7-6-8-10-15)20-13-17(16)19(3,4)5;/h3-4,6-11H,1-2H3;6-9,12-14H,11H2,1-5H3;/q2*-1;/i11D;;. The molecule has 0 fully saturated rings. The predicted octanol–water partition coefficient (Wildman–Crippen LogP) is 9.40. The van der Waals surface area contributed by atoms with E-state index in [2.05, 4.69) is 71.5 Å². The molecule has 4 aromatic heterocycles. The van der Waals surface area contributed by atoms with Crippen molar-refractivity contribution in [2.45, 2.75) is 57.3 Å². The van der Waals surface area contributed by atoms with Crippen molar-refractivity contribution in [1.29, 1.82) is 0 Å². The summed E-state index contributed by atoms with van der Waals surface area (Å²) >= 11 is -1.86. The van der Waals surface area contributed by atoms with Crippen molar-refractivity contribution in [3.63, 3.8) is 0 Å². The molecule has 4 nitrogen and oxygen atoms in total. The van der Waals surface area contributed by atoms with Crippen LogP contribution in [0.1, 0.15) is 46.1 Å². The molecule has 0 aliphatic heterocycles. The molecule has 0 N–H and O–H groups in total. The van der Waals surface area contributed by atoms with E-state index in [9.17, 15) is 4.39 Å². The van der Waals surface area contributed by atoms with Crippen LogP contribution in [0.2, 0.25) is 17.3 Å². The Bertz CT molecular complexity index is 1910. The second-order valence-electron chi connectivity index (χ2n) is 12.5. The molecule has 2 aromatic carbocycles. The third-order valence-corrected chi connectivity index (χ3v) is 11.6. The Labute approximate surface area is 277 Å². The van der Waals surface area contributed by atoms with E-state index in [-0.39, 0.29) is 20.1 Å². The van der Waals surface area contributed by atoms with Gasteiger partial charge < -0.3 is 9.40 Å². The van der Waals surface area contributed by atoms with Crippen molar-refractivity contribution in [3.8, 4) is 22.5 Å². The van der Waals surface area contributed by atoms with Gasteiger partial charge in [0.1, 0.15) is 5.82 Å². The quantitative estimate of drug-likeness (QED) is 0.124. The predicted molar refractivity (Wildman–Crippen MR) is 178 cm³/mol. The second-order valence-corrected chi connectivity index (χ2v) is 23.1. The number of pyridine rings is 3. The van der Waals surface area contributed by atoms with Crippen LogP contribution in [0.5, 0.6) is 0 Å². The molecule has 6 aromatic rings. The summed E-state index contributed by atoms with van der Waals surface area (Å²) in [6.45, 7) is 8.22. The van der Waals surface area contributed by atoms with Crippen LogP contribution in [-0.2, 0) is 26.5 Å². The Morgan fingerprint density at radius 3 is 2.36 bits per heavy atom. The van der Waals surface area contributed by atoms with Gasteiger partial charge in [0.2, 0.25) is 5.71 Å². The van der Waals surface area contributed by atoms with Gasteiger partial charge in [-0.1, -0.05) is 36.4 Å². The van der Waals surface area contributed by atoms with Crippen LogP contribution in [0, 0.1) is 23.9 Å². The number of nitrogens with zero attached hydrogens (tertiary/aromatic N) is 3. The Morgan fingerprint density at radius 2 is 1.68 bits per heavy atom. The number of aromatic nitrogens is 3. The first-order chi connectivity index (χ1) is 20.8. The van der Waals surface area contributed by atoms with E-state index in [0.29, 0.717) is 33.9 Å². The van der Waals surface area contributed by atoms with Crippen molar-refractivity contribution >= 4 is 39.7 Å². The molecule has 0 saturated carbocycles. The molecule has 7 heteroatoms. The van der Waals surface area contributed by atoms with Gasteiger partial charge in [0, 0.05) is 33.1 Å². The van der Waals surface area contributed by atoms with E-state index in [4.69, 9.17) is 10.8 Å². The number of halogens is 1. The zero-order chi connectivity index (χ0) is 31.6. The van der Waals surface area contributed by atoms with E-state index in [1.54, 1.807) is 16.7 Å². The van der Waals surface area contributed by atoms with E-state index in [0.717, 1.165) is 34.8 Å². The van der Waals surface area contributed by atoms with Crippen LogP contribution in [0.15, 0.2) is 83.7 Å². The Balaban J connectivity index is 0.000000204. The molecule has 44 heavy (non-hydrogen) atoms. The van der Waals surface area contributed by atoms with Crippen molar-refractivity contribution in [3.05, 3.63) is 108 Å². The van der Waals surface area contributed by atoms with E-state index < -0.39 is 25.0 Å². The summed E-state index contributed by atoms with van der Waals surface area (Å²) in [4.78, 5) is 13.1. The number of furan rings is 1. The van der Waals surface area contributed by atoms with Crippen molar-refractivity contribution in [2.75, 3.05) is 0 Å². The molecule has 0 unspecified atom stereocenters. The maximum atomic E-state index is 13.5. The van der Waals surface area contributed by atoms with E-state index >= 15 is 0 Å². The van der Waals surface area contributed by atoms with Crippen molar-refractivity contribution < 1.29 is 30.3 Å². The molecule has 6 rings (SSSR count). The Hall–Kier alpha value is -3.19. The first-order valence-corrected chi connectivity index (χ1v) is 22.0. The fourth-order valence-electron chi connectivity index (χ4n) is 5.15. The molecule has 0 bridgehead atoms. The van der Waals surface area contributed by atoms with Crippen LogP contribution in [-0.4, -0.2) is 28.2 Å². The number of fused-ring (bicyclic) bond motifs is 3.